The van der Waals surface area contributed by atoms with Gasteiger partial charge in [0.05, 0.1) is 31.8 Å². The molecular weight excluding hydrogens is 450 g/mol. The number of para-hydroxylation sites is 2. The van der Waals surface area contributed by atoms with Gasteiger partial charge >= 0.3 is 0 Å². The minimum Gasteiger partial charge on any atom is -0.496 e. The van der Waals surface area contributed by atoms with Crippen molar-refractivity contribution in [3.63, 3.8) is 0 Å². The summed E-state index contributed by atoms with van der Waals surface area (Å²) in [5, 5.41) is 15.2. The summed E-state index contributed by atoms with van der Waals surface area (Å²) in [5.74, 6) is 0.576. The van der Waals surface area contributed by atoms with Crippen molar-refractivity contribution in [3.05, 3.63) is 93.7 Å². The van der Waals surface area contributed by atoms with E-state index >= 15 is 0 Å². The molecule has 3 aromatic carbocycles. The number of ether oxygens (including phenoxy) is 3. The molecule has 0 spiro atoms. The Morgan fingerprint density at radius 2 is 1.74 bits per heavy atom. The zero-order valence-corrected chi connectivity index (χ0v) is 19.5. The van der Waals surface area contributed by atoms with Gasteiger partial charge in [-0.1, -0.05) is 30.3 Å². The molecule has 0 saturated heterocycles. The summed E-state index contributed by atoms with van der Waals surface area (Å²) in [4.78, 5) is 27.1. The molecule has 0 fully saturated rings. The molecule has 0 aliphatic carbocycles. The Kier molecular flexibility index (Phi) is 6.86. The van der Waals surface area contributed by atoms with E-state index < -0.39 is 10.8 Å². The SMILES string of the molecule is COc1ccc([N+](=O)[O-])cc1C(=O)NCC(c1cccc(OC)c1OC)c1c[nH]c2ccccc12. The van der Waals surface area contributed by atoms with Crippen LogP contribution in [0.4, 0.5) is 5.69 Å². The normalized spacial score (nSPS) is 11.6. The predicted octanol–water partition coefficient (Wildman–Crippen LogP) is 4.66. The van der Waals surface area contributed by atoms with Crippen molar-refractivity contribution in [3.8, 4) is 17.2 Å². The van der Waals surface area contributed by atoms with Crippen LogP contribution in [0.5, 0.6) is 17.2 Å². The Bertz CT molecular complexity index is 1380. The van der Waals surface area contributed by atoms with E-state index in [0.29, 0.717) is 11.5 Å². The highest BCUT2D eigenvalue weighted by molar-refractivity contribution is 5.97. The number of rotatable bonds is 9. The zero-order valence-electron chi connectivity index (χ0n) is 19.5. The van der Waals surface area contributed by atoms with Gasteiger partial charge < -0.3 is 24.5 Å². The number of nitro benzene ring substituents is 1. The summed E-state index contributed by atoms with van der Waals surface area (Å²) in [6.45, 7) is 0.191. The molecule has 0 radical (unpaired) electrons. The van der Waals surface area contributed by atoms with E-state index in [0.717, 1.165) is 22.0 Å². The van der Waals surface area contributed by atoms with Crippen molar-refractivity contribution in [2.24, 2.45) is 0 Å². The number of non-ortho nitro benzene ring substituents is 1. The first-order valence-corrected chi connectivity index (χ1v) is 10.9. The largest absolute Gasteiger partial charge is 0.496 e. The Morgan fingerprint density at radius 3 is 2.46 bits per heavy atom. The van der Waals surface area contributed by atoms with Crippen molar-refractivity contribution in [2.75, 3.05) is 27.9 Å². The number of benzene rings is 3. The molecule has 9 heteroatoms. The molecule has 1 heterocycles. The van der Waals surface area contributed by atoms with Crippen LogP contribution >= 0.6 is 0 Å². The first-order chi connectivity index (χ1) is 17.0. The van der Waals surface area contributed by atoms with Crippen molar-refractivity contribution >= 4 is 22.5 Å². The standard InChI is InChI=1S/C26H25N3O6/c1-33-23-12-11-16(29(31)32)13-19(23)26(30)28-15-21(18-8-6-10-24(34-2)25(18)35-3)20-14-27-22-9-5-4-7-17(20)22/h4-14,21,27H,15H2,1-3H3,(H,28,30). The number of carbonyl (C=O) groups excluding carboxylic acids is 1. The molecule has 1 amide bonds. The molecule has 1 unspecified atom stereocenters. The maximum atomic E-state index is 13.2. The molecule has 1 atom stereocenters. The van der Waals surface area contributed by atoms with Crippen LogP contribution in [-0.2, 0) is 0 Å². The summed E-state index contributed by atoms with van der Waals surface area (Å²) in [5.41, 5.74) is 2.62. The van der Waals surface area contributed by atoms with E-state index in [-0.39, 0.29) is 29.5 Å². The Balaban J connectivity index is 1.75. The molecule has 2 N–H and O–H groups in total. The number of aromatic nitrogens is 1. The first kappa shape index (κ1) is 23.6. The lowest BCUT2D eigenvalue weighted by atomic mass is 9.89. The maximum absolute atomic E-state index is 13.2. The highest BCUT2D eigenvalue weighted by Gasteiger charge is 2.25. The lowest BCUT2D eigenvalue weighted by Gasteiger charge is -2.22. The van der Waals surface area contributed by atoms with Crippen LogP contribution in [0.1, 0.15) is 27.4 Å². The van der Waals surface area contributed by atoms with Crippen molar-refractivity contribution in [1.29, 1.82) is 0 Å². The molecular formula is C26H25N3O6. The Hall–Kier alpha value is -4.53. The number of nitrogens with one attached hydrogen (secondary N) is 2. The molecule has 9 nitrogen and oxygen atoms in total. The van der Waals surface area contributed by atoms with Crippen LogP contribution < -0.4 is 19.5 Å². The number of nitrogens with zero attached hydrogens (tertiary/aromatic N) is 1. The first-order valence-electron chi connectivity index (χ1n) is 10.9. The number of hydrogen-bond donors (Lipinski definition) is 2. The van der Waals surface area contributed by atoms with Gasteiger partial charge in [0.2, 0.25) is 0 Å². The number of nitro groups is 1. The van der Waals surface area contributed by atoms with Gasteiger partial charge in [-0.25, -0.2) is 0 Å². The molecule has 0 aliphatic heterocycles. The van der Waals surface area contributed by atoms with Gasteiger partial charge in [-0.2, -0.15) is 0 Å². The van der Waals surface area contributed by atoms with Crippen LogP contribution in [0.2, 0.25) is 0 Å². The predicted molar refractivity (Wildman–Crippen MR) is 132 cm³/mol. The number of carbonyl (C=O) groups is 1. The van der Waals surface area contributed by atoms with E-state index in [9.17, 15) is 14.9 Å². The van der Waals surface area contributed by atoms with Gasteiger partial charge in [0, 0.05) is 47.3 Å². The second kappa shape index (κ2) is 10.2. The van der Waals surface area contributed by atoms with E-state index in [4.69, 9.17) is 14.2 Å². The number of hydrogen-bond acceptors (Lipinski definition) is 6. The number of fused-ring (bicyclic) bond motifs is 1. The fourth-order valence-corrected chi connectivity index (χ4v) is 4.23. The van der Waals surface area contributed by atoms with Crippen LogP contribution in [0, 0.1) is 10.1 Å². The summed E-state index contributed by atoms with van der Waals surface area (Å²) in [7, 11) is 4.55. The molecule has 0 bridgehead atoms. The topological polar surface area (TPSA) is 116 Å². The fourth-order valence-electron chi connectivity index (χ4n) is 4.23. The number of methoxy groups -OCH3 is 3. The average molecular weight is 476 g/mol. The van der Waals surface area contributed by atoms with E-state index in [2.05, 4.69) is 10.3 Å². The molecule has 0 saturated carbocycles. The van der Waals surface area contributed by atoms with E-state index in [1.165, 1.54) is 25.3 Å². The quantitative estimate of drug-likeness (QED) is 0.269. The summed E-state index contributed by atoms with van der Waals surface area (Å²) < 4.78 is 16.4. The van der Waals surface area contributed by atoms with Crippen LogP contribution in [0.25, 0.3) is 10.9 Å². The molecule has 1 aromatic heterocycles. The van der Waals surface area contributed by atoms with Crippen LogP contribution in [0.3, 0.4) is 0 Å². The maximum Gasteiger partial charge on any atom is 0.270 e. The smallest absolute Gasteiger partial charge is 0.270 e. The second-order valence-corrected chi connectivity index (χ2v) is 7.78. The van der Waals surface area contributed by atoms with Gasteiger partial charge in [-0.05, 0) is 23.8 Å². The highest BCUT2D eigenvalue weighted by atomic mass is 16.6. The summed E-state index contributed by atoms with van der Waals surface area (Å²) in [6, 6.07) is 17.4. The molecule has 0 aliphatic rings. The number of amides is 1. The lowest BCUT2D eigenvalue weighted by molar-refractivity contribution is -0.384. The number of H-pyrrole nitrogens is 1. The Labute approximate surface area is 201 Å². The van der Waals surface area contributed by atoms with E-state index in [1.807, 2.05) is 42.6 Å². The second-order valence-electron chi connectivity index (χ2n) is 7.78. The third-order valence-electron chi connectivity index (χ3n) is 5.91. The highest BCUT2D eigenvalue weighted by Crippen LogP contribution is 2.40. The third-order valence-corrected chi connectivity index (χ3v) is 5.91. The molecule has 4 aromatic rings. The molecule has 35 heavy (non-hydrogen) atoms. The number of aromatic amines is 1. The average Bonchev–Trinajstić information content (AvgIpc) is 3.32. The van der Waals surface area contributed by atoms with Gasteiger partial charge in [0.25, 0.3) is 11.6 Å². The minimum absolute atomic E-state index is 0.0805. The van der Waals surface area contributed by atoms with E-state index in [1.54, 1.807) is 20.3 Å². The van der Waals surface area contributed by atoms with Gasteiger partial charge in [-0.3, -0.25) is 14.9 Å². The van der Waals surface area contributed by atoms with Crippen molar-refractivity contribution in [2.45, 2.75) is 5.92 Å². The van der Waals surface area contributed by atoms with Crippen molar-refractivity contribution < 1.29 is 23.9 Å². The van der Waals surface area contributed by atoms with Gasteiger partial charge in [0.15, 0.2) is 11.5 Å². The zero-order chi connectivity index (χ0) is 24.9. The monoisotopic (exact) mass is 475 g/mol. The van der Waals surface area contributed by atoms with Crippen LogP contribution in [0.15, 0.2) is 66.9 Å². The van der Waals surface area contributed by atoms with Gasteiger partial charge in [-0.15, -0.1) is 0 Å². The summed E-state index contributed by atoms with van der Waals surface area (Å²) >= 11 is 0. The fraction of sp³-hybridized carbons (Fsp3) is 0.192. The van der Waals surface area contributed by atoms with Crippen LogP contribution in [-0.4, -0.2) is 43.7 Å². The Morgan fingerprint density at radius 1 is 0.971 bits per heavy atom. The van der Waals surface area contributed by atoms with Crippen molar-refractivity contribution in [1.82, 2.24) is 10.3 Å². The summed E-state index contributed by atoms with van der Waals surface area (Å²) in [6.07, 6.45) is 1.91. The van der Waals surface area contributed by atoms with Gasteiger partial charge in [0.1, 0.15) is 5.75 Å². The lowest BCUT2D eigenvalue weighted by Crippen LogP contribution is -2.29. The third kappa shape index (κ3) is 4.61. The molecule has 4 rings (SSSR count). The minimum atomic E-state index is -0.550. The molecule has 180 valence electrons.